The second kappa shape index (κ2) is 23.1. The summed E-state index contributed by atoms with van der Waals surface area (Å²) in [6.45, 7) is 12.7. The van der Waals surface area contributed by atoms with E-state index in [0.29, 0.717) is 50.8 Å². The normalized spacial score (nSPS) is 30.1. The first-order valence-electron chi connectivity index (χ1n) is 26.4. The Balaban J connectivity index is 0.926. The first-order valence-corrected chi connectivity index (χ1v) is 28.5. The van der Waals surface area contributed by atoms with Crippen molar-refractivity contribution in [3.8, 4) is 0 Å². The highest BCUT2D eigenvalue weighted by molar-refractivity contribution is 8.00. The van der Waals surface area contributed by atoms with Crippen LogP contribution in [0.2, 0.25) is 0 Å². The maximum absolute atomic E-state index is 14.8. The van der Waals surface area contributed by atoms with E-state index in [-0.39, 0.29) is 82.7 Å². The number of benzene rings is 2. The molecule has 2 aromatic carbocycles. The summed E-state index contributed by atoms with van der Waals surface area (Å²) < 4.78 is 0. The van der Waals surface area contributed by atoms with Gasteiger partial charge >= 0.3 is 0 Å². The molecule has 17 nitrogen and oxygen atoms in total. The quantitative estimate of drug-likeness (QED) is 0.121. The van der Waals surface area contributed by atoms with E-state index in [1.807, 2.05) is 75.0 Å². The van der Waals surface area contributed by atoms with Crippen molar-refractivity contribution in [2.45, 2.75) is 152 Å². The van der Waals surface area contributed by atoms with Crippen molar-refractivity contribution < 1.29 is 33.6 Å². The van der Waals surface area contributed by atoms with Crippen LogP contribution in [-0.2, 0) is 46.4 Å². The zero-order chi connectivity index (χ0) is 52.4. The largest absolute Gasteiger partial charge is 0.354 e. The number of carbonyl (C=O) groups is 7. The Morgan fingerprint density at radius 2 is 1.10 bits per heavy atom. The van der Waals surface area contributed by atoms with Crippen LogP contribution in [0, 0.1) is 22.7 Å². The van der Waals surface area contributed by atoms with E-state index in [0.717, 1.165) is 40.8 Å². The molecular weight excluding hydrogens is 965 g/mol. The summed E-state index contributed by atoms with van der Waals surface area (Å²) in [5, 5.41) is 24.8. The van der Waals surface area contributed by atoms with Crippen molar-refractivity contribution in [1.82, 2.24) is 52.3 Å². The summed E-state index contributed by atoms with van der Waals surface area (Å²) >= 11 is 3.47. The zero-order valence-electron chi connectivity index (χ0n) is 43.8. The molecule has 4 heterocycles. The van der Waals surface area contributed by atoms with Gasteiger partial charge in [-0.25, -0.2) is 0 Å². The lowest BCUT2D eigenvalue weighted by molar-refractivity contribution is -0.144. The molecule has 8 N–H and O–H groups in total. The third-order valence-electron chi connectivity index (χ3n) is 16.5. The minimum absolute atomic E-state index is 0.0666. The number of carbonyl (C=O) groups excluding carboxylic acids is 7. The molecule has 8 rings (SSSR count). The summed E-state index contributed by atoms with van der Waals surface area (Å²) in [5.41, 5.74) is 2.95. The smallest absolute Gasteiger partial charge is 0.246 e. The van der Waals surface area contributed by atoms with Crippen LogP contribution in [0.1, 0.15) is 114 Å². The fraction of sp³-hybridized carbons (Fsp3) is 0.648. The second-order valence-electron chi connectivity index (χ2n) is 22.4. The molecule has 6 aliphatic rings. The lowest BCUT2D eigenvalue weighted by Gasteiger charge is -2.38. The maximum atomic E-state index is 14.8. The Morgan fingerprint density at radius 1 is 0.616 bits per heavy atom. The van der Waals surface area contributed by atoms with Crippen molar-refractivity contribution in [3.05, 3.63) is 70.8 Å². The molecule has 4 fully saturated rings. The van der Waals surface area contributed by atoms with Gasteiger partial charge in [0, 0.05) is 25.7 Å². The number of likely N-dealkylation sites (N-methyl/N-ethyl adjacent to an activating group) is 2. The molecule has 4 saturated heterocycles. The van der Waals surface area contributed by atoms with Gasteiger partial charge in [-0.15, -0.1) is 23.5 Å². The number of hydrogen-bond donors (Lipinski definition) is 8. The third-order valence-corrected chi connectivity index (χ3v) is 19.0. The topological polar surface area (TPSA) is 222 Å². The number of aryl methyl sites for hydroxylation is 2. The van der Waals surface area contributed by atoms with Crippen LogP contribution in [0.4, 0.5) is 0 Å². The zero-order valence-corrected chi connectivity index (χ0v) is 45.4. The van der Waals surface area contributed by atoms with Gasteiger partial charge in [0.1, 0.15) is 12.1 Å². The fourth-order valence-corrected chi connectivity index (χ4v) is 15.5. The number of amides is 7. The molecule has 0 bridgehead atoms. The van der Waals surface area contributed by atoms with Crippen LogP contribution in [0.5, 0.6) is 0 Å². The van der Waals surface area contributed by atoms with Gasteiger partial charge in [-0.1, -0.05) is 76.2 Å². The summed E-state index contributed by atoms with van der Waals surface area (Å²) in [5.74, 6) is -1.22. The van der Waals surface area contributed by atoms with Crippen molar-refractivity contribution in [3.63, 3.8) is 0 Å². The second-order valence-corrected chi connectivity index (χ2v) is 25.0. The number of hydrogen-bond acceptors (Lipinski definition) is 12. The Morgan fingerprint density at radius 3 is 1.66 bits per heavy atom. The van der Waals surface area contributed by atoms with Crippen LogP contribution < -0.4 is 42.5 Å². The Kier molecular flexibility index (Phi) is 17.2. The van der Waals surface area contributed by atoms with Crippen molar-refractivity contribution in [1.29, 1.82) is 0 Å². The standard InChI is InChI=1S/C54H78N10O7S2/c1-30(55-7)46(65)59-34-21-25-72-40-27-53(3,4)44(63(40)29-34)50(69)61-42-35-15-11-9-13-32(35)17-19-37(42)48(67)57-23-24-58-49(68)38-20-18-33-14-10-12-16-36(33)43(38)62-51(70)45-54(5,6)28-41-64(45)52(71)39(22-26-73-41)60-47(66)31(2)56-8/h9-16,30-31,34,37-45,55-56H,17-29H2,1-8H3,(H,57,67)(H,58,68)(H,59,65)(H,60,66)(H,61,69)(H,62,70)/t30-,31-,34-,37+,38+,39-,40-,41-,42+,43-,44+,45+/m0/s1. The SMILES string of the molecule is CN[C@@H](C)C(=O)N[C@H]1CCS[C@H]2CC(C)(C)[C@@H](C(=O)N[C@@H]3c4ccccc4CC[C@H]3C(=O)NCCNC(=O)[C@@H]3CCc4ccccc4[C@@H]3NC(=O)[C@H]3N4C(=O)[C@@H](NC(=O)[C@H](C)NC)CCS[C@H]4CC3(C)C)N2C1. The molecule has 0 saturated carbocycles. The number of thioether (sulfide) groups is 2. The van der Waals surface area contributed by atoms with E-state index in [1.54, 1.807) is 37.7 Å². The van der Waals surface area contributed by atoms with E-state index >= 15 is 0 Å². The van der Waals surface area contributed by atoms with Crippen LogP contribution >= 0.6 is 23.5 Å². The first kappa shape index (κ1) is 54.6. The predicted molar refractivity (Wildman–Crippen MR) is 285 cm³/mol. The van der Waals surface area contributed by atoms with E-state index in [1.165, 1.54) is 0 Å². The van der Waals surface area contributed by atoms with Gasteiger partial charge in [-0.05, 0) is 124 Å². The highest BCUT2D eigenvalue weighted by Gasteiger charge is 2.56. The molecule has 398 valence electrons. The highest BCUT2D eigenvalue weighted by atomic mass is 32.2. The third kappa shape index (κ3) is 11.8. The fourth-order valence-electron chi connectivity index (χ4n) is 12.3. The molecule has 73 heavy (non-hydrogen) atoms. The van der Waals surface area contributed by atoms with E-state index < -0.39 is 53.5 Å². The maximum Gasteiger partial charge on any atom is 0.246 e. The minimum Gasteiger partial charge on any atom is -0.354 e. The lowest BCUT2D eigenvalue weighted by Crippen LogP contribution is -2.58. The average Bonchev–Trinajstić information content (AvgIpc) is 3.63. The summed E-state index contributed by atoms with van der Waals surface area (Å²) in [7, 11) is 3.45. The van der Waals surface area contributed by atoms with Crippen molar-refractivity contribution >= 4 is 64.9 Å². The molecule has 2 aromatic rings. The molecule has 0 radical (unpaired) electrons. The van der Waals surface area contributed by atoms with E-state index in [9.17, 15) is 33.6 Å². The lowest BCUT2D eigenvalue weighted by atomic mass is 9.78. The predicted octanol–water partition coefficient (Wildman–Crippen LogP) is 2.90. The highest BCUT2D eigenvalue weighted by Crippen LogP contribution is 2.48. The first-order chi connectivity index (χ1) is 34.8. The molecule has 4 aliphatic heterocycles. The van der Waals surface area contributed by atoms with Gasteiger partial charge in [0.2, 0.25) is 41.4 Å². The molecule has 2 aliphatic carbocycles. The minimum atomic E-state index is -0.834. The molecule has 0 unspecified atom stereocenters. The monoisotopic (exact) mass is 1040 g/mol. The molecule has 7 amide bonds. The average molecular weight is 1040 g/mol. The number of nitrogens with zero attached hydrogens (tertiary/aromatic N) is 2. The Hall–Kier alpha value is -4.69. The van der Waals surface area contributed by atoms with E-state index in [2.05, 4.69) is 67.3 Å². The molecule has 0 aromatic heterocycles. The number of nitrogens with one attached hydrogen (secondary N) is 8. The number of rotatable bonds is 15. The number of fused-ring (bicyclic) bond motifs is 4. The van der Waals surface area contributed by atoms with Gasteiger partial charge < -0.3 is 47.4 Å². The van der Waals surface area contributed by atoms with Gasteiger partial charge in [-0.2, -0.15) is 0 Å². The van der Waals surface area contributed by atoms with Gasteiger partial charge in [0.15, 0.2) is 0 Å². The van der Waals surface area contributed by atoms with Gasteiger partial charge in [-0.3, -0.25) is 38.5 Å². The van der Waals surface area contributed by atoms with Gasteiger partial charge in [0.05, 0.1) is 52.8 Å². The molecule has 0 spiro atoms. The van der Waals surface area contributed by atoms with Crippen LogP contribution in [-0.4, -0.2) is 143 Å². The Labute approximate surface area is 439 Å². The summed E-state index contributed by atoms with van der Waals surface area (Å²) in [6, 6.07) is 11.5. The van der Waals surface area contributed by atoms with Crippen LogP contribution in [0.3, 0.4) is 0 Å². The van der Waals surface area contributed by atoms with Crippen LogP contribution in [0.25, 0.3) is 0 Å². The van der Waals surface area contributed by atoms with Crippen LogP contribution in [0.15, 0.2) is 48.5 Å². The Bertz CT molecular complexity index is 2400. The molecule has 12 atom stereocenters. The van der Waals surface area contributed by atoms with Crippen molar-refractivity contribution in [2.75, 3.05) is 45.2 Å². The van der Waals surface area contributed by atoms with E-state index in [4.69, 9.17) is 0 Å². The molecular formula is C54H78N10O7S2. The summed E-state index contributed by atoms with van der Waals surface area (Å²) in [4.78, 5) is 102. The summed E-state index contributed by atoms with van der Waals surface area (Å²) in [6.07, 6.45) is 5.01. The van der Waals surface area contributed by atoms with Gasteiger partial charge in [0.25, 0.3) is 0 Å². The molecule has 19 heteroatoms. The van der Waals surface area contributed by atoms with Crippen molar-refractivity contribution in [2.24, 2.45) is 22.7 Å².